The van der Waals surface area contributed by atoms with E-state index >= 15 is 0 Å². The number of nitrogens with one attached hydrogen (secondary N) is 2. The van der Waals surface area contributed by atoms with Gasteiger partial charge in [-0.2, -0.15) is 0 Å². The molecule has 162 valence electrons. The lowest BCUT2D eigenvalue weighted by Gasteiger charge is -2.15. The molecular formula is C21H14Cl2F3IN2OS. The second-order valence-electron chi connectivity index (χ2n) is 6.98. The predicted octanol–water partition coefficient (Wildman–Crippen LogP) is 7.39. The Morgan fingerprint density at radius 3 is 2.42 bits per heavy atom. The summed E-state index contributed by atoms with van der Waals surface area (Å²) in [5.41, 5.74) is 0.532. The molecule has 10 heteroatoms. The molecule has 3 atom stereocenters. The second-order valence-corrected chi connectivity index (χ2v) is 10.5. The molecule has 4 rings (SSSR count). The van der Waals surface area contributed by atoms with Crippen molar-refractivity contribution in [1.82, 2.24) is 0 Å². The Kier molecular flexibility index (Phi) is 6.71. The Morgan fingerprint density at radius 1 is 0.968 bits per heavy atom. The lowest BCUT2D eigenvalue weighted by molar-refractivity contribution is 0.512. The van der Waals surface area contributed by atoms with E-state index < -0.39 is 28.4 Å². The molecule has 0 bridgehead atoms. The van der Waals surface area contributed by atoms with Crippen molar-refractivity contribution in [3.63, 3.8) is 0 Å². The largest absolute Gasteiger partial charge is 0.349 e. The van der Waals surface area contributed by atoms with E-state index in [0.717, 1.165) is 11.6 Å². The first-order valence-corrected chi connectivity index (χ1v) is 12.1. The zero-order chi connectivity index (χ0) is 22.3. The number of hydrogen-bond acceptors (Lipinski definition) is 2. The van der Waals surface area contributed by atoms with Crippen molar-refractivity contribution in [3.05, 3.63) is 85.2 Å². The van der Waals surface area contributed by atoms with E-state index in [2.05, 4.69) is 10.0 Å². The van der Waals surface area contributed by atoms with Crippen LogP contribution in [0.3, 0.4) is 0 Å². The molecule has 3 unspecified atom stereocenters. The van der Waals surface area contributed by atoms with Crippen molar-refractivity contribution < 1.29 is 17.4 Å². The minimum Gasteiger partial charge on any atom is -0.349 e. The van der Waals surface area contributed by atoms with Gasteiger partial charge in [0.2, 0.25) is 0 Å². The van der Waals surface area contributed by atoms with Crippen LogP contribution >= 0.6 is 45.8 Å². The third-order valence-corrected chi connectivity index (χ3v) is 7.59. The summed E-state index contributed by atoms with van der Waals surface area (Å²) in [6.45, 7) is 0. The molecule has 1 aliphatic rings. The van der Waals surface area contributed by atoms with Crippen LogP contribution in [0.1, 0.15) is 17.9 Å². The highest BCUT2D eigenvalue weighted by Gasteiger charge is 2.44. The van der Waals surface area contributed by atoms with Crippen molar-refractivity contribution in [2.24, 2.45) is 0 Å². The van der Waals surface area contributed by atoms with Gasteiger partial charge < -0.3 is 10.0 Å². The van der Waals surface area contributed by atoms with E-state index in [0.29, 0.717) is 20.0 Å². The zero-order valence-electron chi connectivity index (χ0n) is 15.6. The van der Waals surface area contributed by atoms with Gasteiger partial charge in [0.15, 0.2) is 11.6 Å². The third kappa shape index (κ3) is 4.97. The Morgan fingerprint density at radius 2 is 1.71 bits per heavy atom. The van der Waals surface area contributed by atoms with Crippen molar-refractivity contribution in [2.75, 3.05) is 10.0 Å². The Balaban J connectivity index is 1.56. The quantitative estimate of drug-likeness (QED) is 0.291. The van der Waals surface area contributed by atoms with Gasteiger partial charge in [-0.05, 0) is 77.0 Å². The van der Waals surface area contributed by atoms with Crippen LogP contribution in [0.2, 0.25) is 10.0 Å². The van der Waals surface area contributed by atoms with Gasteiger partial charge in [0.1, 0.15) is 22.5 Å². The summed E-state index contributed by atoms with van der Waals surface area (Å²) in [6, 6.07) is 11.6. The van der Waals surface area contributed by atoms with Crippen molar-refractivity contribution in [1.29, 1.82) is 0 Å². The van der Waals surface area contributed by atoms with Gasteiger partial charge >= 0.3 is 0 Å². The number of halogens is 6. The SMILES string of the molecule is O=S(Nc1ccc(F)c(F)c1Nc1ccc(I)cc1F)C1CC1c1ccc(Cl)cc1Cl. The van der Waals surface area contributed by atoms with Crippen molar-refractivity contribution in [3.8, 4) is 0 Å². The molecule has 0 spiro atoms. The average Bonchev–Trinajstić information content (AvgIpc) is 3.50. The first-order chi connectivity index (χ1) is 14.7. The average molecular weight is 597 g/mol. The summed E-state index contributed by atoms with van der Waals surface area (Å²) in [5.74, 6) is -2.98. The van der Waals surface area contributed by atoms with Gasteiger partial charge in [-0.15, -0.1) is 0 Å². The van der Waals surface area contributed by atoms with Gasteiger partial charge in [0, 0.05) is 19.5 Å². The second kappa shape index (κ2) is 9.17. The van der Waals surface area contributed by atoms with E-state index in [1.54, 1.807) is 24.3 Å². The molecule has 3 aromatic rings. The van der Waals surface area contributed by atoms with Crippen LogP contribution in [0.4, 0.5) is 30.2 Å². The molecule has 0 aliphatic heterocycles. The molecule has 0 aromatic heterocycles. The normalized spacial score (nSPS) is 18.5. The standard InChI is InChI=1S/C21H14Cl2F3IN2OS/c22-10-1-3-12(14(23)7-10)13-9-19(13)31(30)29-18-6-4-15(24)20(26)21(18)28-17-5-2-11(27)8-16(17)25/h1-8,13,19,28-29H,9H2. The van der Waals surface area contributed by atoms with Crippen LogP contribution in [0, 0.1) is 21.0 Å². The zero-order valence-corrected chi connectivity index (χ0v) is 20.1. The molecule has 0 radical (unpaired) electrons. The summed E-state index contributed by atoms with van der Waals surface area (Å²) in [6.07, 6.45) is 0.610. The molecule has 2 N–H and O–H groups in total. The van der Waals surface area contributed by atoms with Crippen LogP contribution in [-0.2, 0) is 11.0 Å². The van der Waals surface area contributed by atoms with E-state index in [9.17, 15) is 17.4 Å². The van der Waals surface area contributed by atoms with Crippen LogP contribution < -0.4 is 10.0 Å². The third-order valence-electron chi connectivity index (χ3n) is 4.87. The lowest BCUT2D eigenvalue weighted by atomic mass is 10.1. The molecule has 3 aromatic carbocycles. The lowest BCUT2D eigenvalue weighted by Crippen LogP contribution is -2.13. The fourth-order valence-electron chi connectivity index (χ4n) is 3.21. The van der Waals surface area contributed by atoms with Gasteiger partial charge in [-0.25, -0.2) is 17.4 Å². The highest BCUT2D eigenvalue weighted by atomic mass is 127. The van der Waals surface area contributed by atoms with Crippen molar-refractivity contribution >= 4 is 73.8 Å². The van der Waals surface area contributed by atoms with Gasteiger partial charge in [-0.3, -0.25) is 0 Å². The molecule has 1 aliphatic carbocycles. The summed E-state index contributed by atoms with van der Waals surface area (Å²) in [7, 11) is -1.61. The van der Waals surface area contributed by atoms with Crippen LogP contribution in [0.25, 0.3) is 0 Å². The number of benzene rings is 3. The number of hydrogen-bond donors (Lipinski definition) is 2. The van der Waals surface area contributed by atoms with E-state index in [-0.39, 0.29) is 28.2 Å². The minimum absolute atomic E-state index is 0.0315. The molecule has 0 saturated heterocycles. The first kappa shape index (κ1) is 22.7. The monoisotopic (exact) mass is 596 g/mol. The molecule has 31 heavy (non-hydrogen) atoms. The molecule has 3 nitrogen and oxygen atoms in total. The maximum atomic E-state index is 14.5. The van der Waals surface area contributed by atoms with Crippen LogP contribution in [-0.4, -0.2) is 9.46 Å². The topological polar surface area (TPSA) is 41.1 Å². The maximum Gasteiger partial charge on any atom is 0.184 e. The van der Waals surface area contributed by atoms with E-state index in [1.807, 2.05) is 22.6 Å². The summed E-state index contributed by atoms with van der Waals surface area (Å²) < 4.78 is 58.9. The van der Waals surface area contributed by atoms with Gasteiger partial charge in [0.25, 0.3) is 0 Å². The fraction of sp³-hybridized carbons (Fsp3) is 0.143. The Hall–Kier alpha value is -1.49. The van der Waals surface area contributed by atoms with E-state index in [4.69, 9.17) is 23.2 Å². The molecule has 0 amide bonds. The smallest absolute Gasteiger partial charge is 0.184 e. The Bertz CT molecular complexity index is 1200. The highest BCUT2D eigenvalue weighted by molar-refractivity contribution is 14.1. The number of anilines is 3. The van der Waals surface area contributed by atoms with Crippen LogP contribution in [0.15, 0.2) is 48.5 Å². The highest BCUT2D eigenvalue weighted by Crippen LogP contribution is 2.48. The molecule has 1 fully saturated rings. The predicted molar refractivity (Wildman–Crippen MR) is 128 cm³/mol. The first-order valence-electron chi connectivity index (χ1n) is 9.07. The summed E-state index contributed by atoms with van der Waals surface area (Å²) in [4.78, 5) is 0. The van der Waals surface area contributed by atoms with E-state index in [1.165, 1.54) is 18.2 Å². The van der Waals surface area contributed by atoms with Gasteiger partial charge in [0.05, 0.1) is 16.6 Å². The Labute approximate surface area is 203 Å². The number of rotatable bonds is 6. The molecule has 1 saturated carbocycles. The van der Waals surface area contributed by atoms with Gasteiger partial charge in [-0.1, -0.05) is 29.3 Å². The summed E-state index contributed by atoms with van der Waals surface area (Å²) >= 11 is 14.1. The molecular weight excluding hydrogens is 583 g/mol. The molecule has 0 heterocycles. The van der Waals surface area contributed by atoms with Crippen molar-refractivity contribution in [2.45, 2.75) is 17.6 Å². The maximum absolute atomic E-state index is 14.5. The fourth-order valence-corrected chi connectivity index (χ4v) is 5.57. The summed E-state index contributed by atoms with van der Waals surface area (Å²) in [5, 5.41) is 3.30. The minimum atomic E-state index is -1.61. The van der Waals surface area contributed by atoms with Crippen LogP contribution in [0.5, 0.6) is 0 Å².